The molecule has 0 saturated carbocycles. The number of nitrogens with two attached hydrogens (primary N) is 1. The summed E-state index contributed by atoms with van der Waals surface area (Å²) in [6, 6.07) is 6.46. The van der Waals surface area contributed by atoms with Crippen LogP contribution in [-0.2, 0) is 0 Å². The fraction of sp³-hybridized carbons (Fsp3) is 0.0769. The number of hydrogen-bond donors (Lipinski definition) is 3. The molecule has 0 saturated heterocycles. The summed E-state index contributed by atoms with van der Waals surface area (Å²) in [5.74, 6) is 4.88. The van der Waals surface area contributed by atoms with Gasteiger partial charge in [-0.25, -0.2) is 0 Å². The van der Waals surface area contributed by atoms with E-state index in [4.69, 9.17) is 29.0 Å². The van der Waals surface area contributed by atoms with Crippen molar-refractivity contribution in [3.8, 4) is 0 Å². The number of halogens is 2. The largest absolute Gasteiger partial charge is 0.324 e. The van der Waals surface area contributed by atoms with E-state index >= 15 is 0 Å². The highest BCUT2D eigenvalue weighted by molar-refractivity contribution is 6.36. The molecule has 1 aromatic carbocycles. The number of benzene rings is 1. The molecule has 104 valence electrons. The smallest absolute Gasteiger partial charge is 0.274 e. The number of anilines is 2. The zero-order valence-corrected chi connectivity index (χ0v) is 12.1. The van der Waals surface area contributed by atoms with Gasteiger partial charge in [0.15, 0.2) is 0 Å². The lowest BCUT2D eigenvalue weighted by Gasteiger charge is -2.09. The van der Waals surface area contributed by atoms with Gasteiger partial charge in [-0.15, -0.1) is 0 Å². The van der Waals surface area contributed by atoms with Gasteiger partial charge in [0, 0.05) is 11.2 Å². The molecule has 0 aliphatic carbocycles. The van der Waals surface area contributed by atoms with Crippen molar-refractivity contribution in [1.29, 1.82) is 0 Å². The third-order valence-corrected chi connectivity index (χ3v) is 3.38. The summed E-state index contributed by atoms with van der Waals surface area (Å²) in [6.45, 7) is 1.83. The quantitative estimate of drug-likeness (QED) is 0.600. The van der Waals surface area contributed by atoms with Gasteiger partial charge in [-0.2, -0.15) is 0 Å². The van der Waals surface area contributed by atoms with E-state index in [-0.39, 0.29) is 5.69 Å². The van der Waals surface area contributed by atoms with Crippen LogP contribution in [0.4, 0.5) is 11.4 Å². The molecule has 1 heterocycles. The van der Waals surface area contributed by atoms with Crippen LogP contribution in [0.1, 0.15) is 16.1 Å². The van der Waals surface area contributed by atoms with E-state index in [1.165, 1.54) is 12.3 Å². The van der Waals surface area contributed by atoms with E-state index in [1.807, 2.05) is 6.92 Å². The maximum Gasteiger partial charge on any atom is 0.274 e. The van der Waals surface area contributed by atoms with E-state index in [2.05, 4.69) is 15.7 Å². The van der Waals surface area contributed by atoms with Crippen LogP contribution in [0.15, 0.2) is 30.5 Å². The molecular weight excluding hydrogens is 299 g/mol. The van der Waals surface area contributed by atoms with Crippen molar-refractivity contribution in [2.45, 2.75) is 6.92 Å². The molecular formula is C13H12Cl2N4O. The van der Waals surface area contributed by atoms with Gasteiger partial charge < -0.3 is 10.7 Å². The highest BCUT2D eigenvalue weighted by atomic mass is 35.5. The number of pyridine rings is 1. The number of carbonyl (C=O) groups is 1. The molecule has 4 N–H and O–H groups in total. The predicted molar refractivity (Wildman–Crippen MR) is 81.2 cm³/mol. The summed E-state index contributed by atoms with van der Waals surface area (Å²) in [5, 5.41) is 3.59. The minimum absolute atomic E-state index is 0.216. The number of amides is 1. The van der Waals surface area contributed by atoms with Gasteiger partial charge in [-0.1, -0.05) is 23.2 Å². The first-order valence-corrected chi connectivity index (χ1v) is 6.46. The molecule has 1 aromatic heterocycles. The van der Waals surface area contributed by atoms with Crippen LogP contribution in [0.5, 0.6) is 0 Å². The maximum absolute atomic E-state index is 12.1. The summed E-state index contributed by atoms with van der Waals surface area (Å²) in [7, 11) is 0. The third-order valence-electron chi connectivity index (χ3n) is 2.66. The fourth-order valence-corrected chi connectivity index (χ4v) is 2.00. The van der Waals surface area contributed by atoms with Crippen LogP contribution >= 0.6 is 23.2 Å². The lowest BCUT2D eigenvalue weighted by Crippen LogP contribution is -2.15. The topological polar surface area (TPSA) is 80.0 Å². The van der Waals surface area contributed by atoms with Crippen molar-refractivity contribution in [3.63, 3.8) is 0 Å². The summed E-state index contributed by atoms with van der Waals surface area (Å²) in [5.41, 5.74) is 4.51. The first kappa shape index (κ1) is 14.6. The van der Waals surface area contributed by atoms with Crippen LogP contribution in [0.3, 0.4) is 0 Å². The van der Waals surface area contributed by atoms with E-state index < -0.39 is 5.91 Å². The number of nitrogens with one attached hydrogen (secondary N) is 2. The Morgan fingerprint density at radius 3 is 2.70 bits per heavy atom. The van der Waals surface area contributed by atoms with Crippen LogP contribution < -0.4 is 16.6 Å². The van der Waals surface area contributed by atoms with Gasteiger partial charge in [0.05, 0.1) is 16.4 Å². The molecule has 7 heteroatoms. The maximum atomic E-state index is 12.1. The number of rotatable bonds is 3. The van der Waals surface area contributed by atoms with Gasteiger partial charge in [0.2, 0.25) is 0 Å². The Balaban J connectivity index is 2.25. The molecule has 0 fully saturated rings. The van der Waals surface area contributed by atoms with Gasteiger partial charge in [-0.05, 0) is 36.8 Å². The van der Waals surface area contributed by atoms with E-state index in [1.54, 1.807) is 18.2 Å². The van der Waals surface area contributed by atoms with Crippen LogP contribution in [0.2, 0.25) is 10.0 Å². The highest BCUT2D eigenvalue weighted by Crippen LogP contribution is 2.29. The van der Waals surface area contributed by atoms with Crippen LogP contribution in [0, 0.1) is 6.92 Å². The molecule has 5 nitrogen and oxygen atoms in total. The summed E-state index contributed by atoms with van der Waals surface area (Å²) >= 11 is 12.1. The average Bonchev–Trinajstić information content (AvgIpc) is 2.44. The zero-order chi connectivity index (χ0) is 14.7. The Kier molecular flexibility index (Phi) is 4.44. The lowest BCUT2D eigenvalue weighted by molar-refractivity contribution is 0.102. The molecule has 0 atom stereocenters. The Morgan fingerprint density at radius 2 is 2.00 bits per heavy atom. The monoisotopic (exact) mass is 310 g/mol. The molecule has 0 aliphatic rings. The van der Waals surface area contributed by atoms with Gasteiger partial charge in [0.25, 0.3) is 5.91 Å². The molecule has 0 spiro atoms. The molecule has 0 bridgehead atoms. The van der Waals surface area contributed by atoms with Gasteiger partial charge in [0.1, 0.15) is 5.69 Å². The molecule has 0 aliphatic heterocycles. The molecule has 20 heavy (non-hydrogen) atoms. The Bertz CT molecular complexity index is 661. The minimum Gasteiger partial charge on any atom is -0.324 e. The van der Waals surface area contributed by atoms with Crippen molar-refractivity contribution >= 4 is 40.5 Å². The second-order valence-electron chi connectivity index (χ2n) is 4.11. The SMILES string of the molecule is Cc1cc(Cl)c(NC(=O)c2cc(NN)ccn2)cc1Cl. The standard InChI is InChI=1S/C13H12Cl2N4O/c1-7-4-10(15)11(6-9(7)14)18-13(20)12-5-8(19-16)2-3-17-12/h2-6H,16H2,1H3,(H,17,19)(H,18,20). The Hall–Kier alpha value is -1.82. The molecule has 0 radical (unpaired) electrons. The molecule has 2 aromatic rings. The molecule has 2 rings (SSSR count). The number of hydrazine groups is 1. The van der Waals surface area contributed by atoms with E-state index in [0.717, 1.165) is 5.56 Å². The first-order chi connectivity index (χ1) is 9.51. The van der Waals surface area contributed by atoms with Crippen molar-refractivity contribution in [2.24, 2.45) is 5.84 Å². The van der Waals surface area contributed by atoms with Crippen molar-refractivity contribution < 1.29 is 4.79 Å². The number of aryl methyl sites for hydroxylation is 1. The van der Waals surface area contributed by atoms with Crippen molar-refractivity contribution in [3.05, 3.63) is 51.8 Å². The normalized spacial score (nSPS) is 10.2. The average molecular weight is 311 g/mol. The molecule has 1 amide bonds. The second-order valence-corrected chi connectivity index (χ2v) is 4.92. The zero-order valence-electron chi connectivity index (χ0n) is 10.6. The van der Waals surface area contributed by atoms with Crippen molar-refractivity contribution in [2.75, 3.05) is 10.7 Å². The summed E-state index contributed by atoms with van der Waals surface area (Å²) < 4.78 is 0. The van der Waals surface area contributed by atoms with Crippen LogP contribution in [-0.4, -0.2) is 10.9 Å². The van der Waals surface area contributed by atoms with E-state index in [9.17, 15) is 4.79 Å². The Labute approximate surface area is 126 Å². The number of hydrogen-bond acceptors (Lipinski definition) is 4. The number of aromatic nitrogens is 1. The highest BCUT2D eigenvalue weighted by Gasteiger charge is 2.12. The Morgan fingerprint density at radius 1 is 1.25 bits per heavy atom. The first-order valence-electron chi connectivity index (χ1n) is 5.71. The van der Waals surface area contributed by atoms with Crippen LogP contribution in [0.25, 0.3) is 0 Å². The van der Waals surface area contributed by atoms with E-state index in [0.29, 0.717) is 21.4 Å². The minimum atomic E-state index is -0.399. The number of carbonyl (C=O) groups excluding carboxylic acids is 1. The number of nitrogens with zero attached hydrogens (tertiary/aromatic N) is 1. The predicted octanol–water partition coefficient (Wildman–Crippen LogP) is 3.23. The third kappa shape index (κ3) is 3.19. The summed E-state index contributed by atoms with van der Waals surface area (Å²) in [6.07, 6.45) is 1.48. The molecule has 0 unspecified atom stereocenters. The number of nitrogen functional groups attached to an aromatic ring is 1. The second kappa shape index (κ2) is 6.09. The van der Waals surface area contributed by atoms with Gasteiger partial charge >= 0.3 is 0 Å². The van der Waals surface area contributed by atoms with Gasteiger partial charge in [-0.3, -0.25) is 15.6 Å². The van der Waals surface area contributed by atoms with Crippen molar-refractivity contribution in [1.82, 2.24) is 4.98 Å². The lowest BCUT2D eigenvalue weighted by atomic mass is 10.2. The fourth-order valence-electron chi connectivity index (χ4n) is 1.57. The summed E-state index contributed by atoms with van der Waals surface area (Å²) in [4.78, 5) is 16.1.